The van der Waals surface area contributed by atoms with Gasteiger partial charge in [0, 0.05) is 12.8 Å². The van der Waals surface area contributed by atoms with Gasteiger partial charge >= 0.3 is 11.9 Å². The van der Waals surface area contributed by atoms with E-state index in [1.807, 2.05) is 0 Å². The molecule has 0 amide bonds. The van der Waals surface area contributed by atoms with Crippen LogP contribution in [0.5, 0.6) is 0 Å². The molecule has 1 heterocycles. The first-order valence-electron chi connectivity index (χ1n) is 21.7. The summed E-state index contributed by atoms with van der Waals surface area (Å²) in [6, 6.07) is 0. The molecule has 0 saturated carbocycles. The van der Waals surface area contributed by atoms with Crippen LogP contribution in [0.3, 0.4) is 0 Å². The maximum Gasteiger partial charge on any atom is 0.306 e. The molecule has 4 N–H and O–H groups in total. The van der Waals surface area contributed by atoms with Crippen LogP contribution in [0.2, 0.25) is 0 Å². The lowest BCUT2D eigenvalue weighted by atomic mass is 9.99. The topological polar surface area (TPSA) is 152 Å². The summed E-state index contributed by atoms with van der Waals surface area (Å²) in [4.78, 5) is 25.3. The molecule has 55 heavy (non-hydrogen) atoms. The molecule has 318 valence electrons. The average Bonchev–Trinajstić information content (AvgIpc) is 3.18. The fraction of sp³-hybridized carbons (Fsp3) is 0.778. The second-order valence-corrected chi connectivity index (χ2v) is 14.8. The Balaban J connectivity index is 2.39. The molecule has 1 aliphatic rings. The first kappa shape index (κ1) is 50.7. The van der Waals surface area contributed by atoms with Gasteiger partial charge in [-0.1, -0.05) is 127 Å². The summed E-state index contributed by atoms with van der Waals surface area (Å²) in [5.74, 6) is -0.864. The first-order valence-corrected chi connectivity index (χ1v) is 21.7. The van der Waals surface area contributed by atoms with Crippen molar-refractivity contribution in [3.05, 3.63) is 48.6 Å². The van der Waals surface area contributed by atoms with Gasteiger partial charge in [-0.15, -0.1) is 0 Å². The van der Waals surface area contributed by atoms with Crippen LogP contribution in [-0.2, 0) is 28.5 Å². The molecule has 0 bridgehead atoms. The predicted octanol–water partition coefficient (Wildman–Crippen LogP) is 8.88. The molecule has 1 rings (SSSR count). The highest BCUT2D eigenvalue weighted by Gasteiger charge is 2.44. The van der Waals surface area contributed by atoms with Gasteiger partial charge in [-0.05, 0) is 77.0 Å². The number of ether oxygens (including phenoxy) is 4. The Morgan fingerprint density at radius 2 is 1.02 bits per heavy atom. The lowest BCUT2D eigenvalue weighted by Gasteiger charge is -2.39. The Bertz CT molecular complexity index is 1040. The van der Waals surface area contributed by atoms with Crippen molar-refractivity contribution in [3.63, 3.8) is 0 Å². The van der Waals surface area contributed by atoms with E-state index in [0.717, 1.165) is 64.2 Å². The Kier molecular flexibility index (Phi) is 33.2. The number of esters is 2. The number of allylic oxidation sites excluding steroid dienone is 8. The molecule has 6 atom stereocenters. The summed E-state index contributed by atoms with van der Waals surface area (Å²) in [5, 5.41) is 40.0. The number of aliphatic hydroxyl groups is 4. The average molecular weight is 779 g/mol. The number of hydrogen-bond acceptors (Lipinski definition) is 10. The standard InChI is InChI=1S/C45H78O10/c1-3-5-7-9-11-13-15-17-19-21-23-25-27-29-31-33-40(47)52-36-38(37-53-45-44(51)43(50)42(49)39(35-46)55-45)54-41(48)34-32-30-28-26-24-22-20-18-16-14-12-10-8-6-4-2/h12,14,17-20,24,26,38-39,42-46,49-51H,3-11,13,15-16,21-23,25,27-37H2,1-2H3/b14-12+,19-17+,20-18+,26-24+/t38-,39-,42+,43?,44?,45-/m0/s1. The second kappa shape index (κ2) is 36.0. The maximum absolute atomic E-state index is 12.7. The number of carbonyl (C=O) groups is 2. The third kappa shape index (κ3) is 27.8. The minimum atomic E-state index is -1.60. The fourth-order valence-corrected chi connectivity index (χ4v) is 6.19. The molecule has 10 heteroatoms. The van der Waals surface area contributed by atoms with Crippen molar-refractivity contribution in [1.29, 1.82) is 0 Å². The molecule has 0 aliphatic carbocycles. The van der Waals surface area contributed by atoms with E-state index in [1.165, 1.54) is 64.2 Å². The van der Waals surface area contributed by atoms with Gasteiger partial charge in [0.25, 0.3) is 0 Å². The molecule has 0 radical (unpaired) electrons. The van der Waals surface area contributed by atoms with E-state index in [2.05, 4.69) is 62.5 Å². The highest BCUT2D eigenvalue weighted by atomic mass is 16.7. The normalized spacial score (nSPS) is 21.0. The number of hydrogen-bond donors (Lipinski definition) is 4. The van der Waals surface area contributed by atoms with Crippen molar-refractivity contribution in [1.82, 2.24) is 0 Å². The van der Waals surface area contributed by atoms with E-state index >= 15 is 0 Å². The summed E-state index contributed by atoms with van der Waals surface area (Å²) >= 11 is 0. The summed E-state index contributed by atoms with van der Waals surface area (Å²) in [5.41, 5.74) is 0. The largest absolute Gasteiger partial charge is 0.462 e. The van der Waals surface area contributed by atoms with Gasteiger partial charge < -0.3 is 39.4 Å². The minimum Gasteiger partial charge on any atom is -0.462 e. The molecule has 0 aromatic heterocycles. The molecule has 0 aromatic rings. The lowest BCUT2D eigenvalue weighted by Crippen LogP contribution is -2.59. The van der Waals surface area contributed by atoms with Gasteiger partial charge in [-0.3, -0.25) is 9.59 Å². The van der Waals surface area contributed by atoms with Crippen LogP contribution < -0.4 is 0 Å². The molecule has 10 nitrogen and oxygen atoms in total. The second-order valence-electron chi connectivity index (χ2n) is 14.8. The molecular weight excluding hydrogens is 700 g/mol. The fourth-order valence-electron chi connectivity index (χ4n) is 6.19. The van der Waals surface area contributed by atoms with Crippen molar-refractivity contribution in [2.75, 3.05) is 19.8 Å². The first-order chi connectivity index (χ1) is 26.8. The van der Waals surface area contributed by atoms with Crippen molar-refractivity contribution in [2.45, 2.75) is 205 Å². The summed E-state index contributed by atoms with van der Waals surface area (Å²) < 4.78 is 22.1. The van der Waals surface area contributed by atoms with Crippen molar-refractivity contribution >= 4 is 11.9 Å². The van der Waals surface area contributed by atoms with E-state index in [9.17, 15) is 30.0 Å². The summed E-state index contributed by atoms with van der Waals surface area (Å²) in [7, 11) is 0. The van der Waals surface area contributed by atoms with Gasteiger partial charge in [0.1, 0.15) is 31.0 Å². The maximum atomic E-state index is 12.7. The number of rotatable bonds is 35. The van der Waals surface area contributed by atoms with E-state index < -0.39 is 55.4 Å². The van der Waals surface area contributed by atoms with E-state index in [1.54, 1.807) is 0 Å². The van der Waals surface area contributed by atoms with Gasteiger partial charge in [-0.25, -0.2) is 0 Å². The van der Waals surface area contributed by atoms with Gasteiger partial charge in [0.15, 0.2) is 12.4 Å². The van der Waals surface area contributed by atoms with Crippen molar-refractivity contribution in [2.24, 2.45) is 0 Å². The third-order valence-electron chi connectivity index (χ3n) is 9.69. The molecule has 2 unspecified atom stereocenters. The molecule has 0 spiro atoms. The minimum absolute atomic E-state index is 0.178. The number of aliphatic hydroxyl groups excluding tert-OH is 4. The van der Waals surface area contributed by atoms with Crippen LogP contribution in [-0.4, -0.2) is 89.0 Å². The van der Waals surface area contributed by atoms with Crippen molar-refractivity contribution < 1.29 is 49.0 Å². The number of unbranched alkanes of at least 4 members (excludes halogenated alkanes) is 16. The van der Waals surface area contributed by atoms with Crippen LogP contribution in [0.4, 0.5) is 0 Å². The summed E-state index contributed by atoms with van der Waals surface area (Å²) in [6.07, 6.45) is 34.0. The Morgan fingerprint density at radius 3 is 1.62 bits per heavy atom. The van der Waals surface area contributed by atoms with Gasteiger partial charge in [-0.2, -0.15) is 0 Å². The lowest BCUT2D eigenvalue weighted by molar-refractivity contribution is -0.305. The summed E-state index contributed by atoms with van der Waals surface area (Å²) in [6.45, 7) is 3.33. The third-order valence-corrected chi connectivity index (χ3v) is 9.69. The molecule has 1 aliphatic heterocycles. The molecular formula is C45H78O10. The van der Waals surface area contributed by atoms with Crippen LogP contribution in [0.25, 0.3) is 0 Å². The van der Waals surface area contributed by atoms with E-state index in [0.29, 0.717) is 12.8 Å². The van der Waals surface area contributed by atoms with Gasteiger partial charge in [0.2, 0.25) is 0 Å². The highest BCUT2D eigenvalue weighted by Crippen LogP contribution is 2.22. The van der Waals surface area contributed by atoms with E-state index in [4.69, 9.17) is 18.9 Å². The Labute approximate surface area is 333 Å². The molecule has 1 saturated heterocycles. The van der Waals surface area contributed by atoms with Crippen LogP contribution in [0.1, 0.15) is 168 Å². The quantitative estimate of drug-likeness (QED) is 0.0279. The predicted molar refractivity (Wildman–Crippen MR) is 219 cm³/mol. The van der Waals surface area contributed by atoms with E-state index in [-0.39, 0.29) is 26.1 Å². The van der Waals surface area contributed by atoms with Crippen molar-refractivity contribution in [3.8, 4) is 0 Å². The molecule has 0 aromatic carbocycles. The SMILES string of the molecule is CCCCC/C=C/C/C=C/C/C=C/CCCCC(=O)O[C@@H](COC(=O)CCCCCCC/C=C/CCCCCCCC)CO[C@H]1O[C@@H](CO)[C@@H](O)C(O)C1O. The molecule has 1 fully saturated rings. The van der Waals surface area contributed by atoms with Gasteiger partial charge in [0.05, 0.1) is 13.2 Å². The smallest absolute Gasteiger partial charge is 0.306 e. The zero-order chi connectivity index (χ0) is 40.2. The highest BCUT2D eigenvalue weighted by molar-refractivity contribution is 5.70. The zero-order valence-corrected chi connectivity index (χ0v) is 34.4. The number of carbonyl (C=O) groups excluding carboxylic acids is 2. The Morgan fingerprint density at radius 1 is 0.564 bits per heavy atom. The van der Waals surface area contributed by atoms with Crippen LogP contribution in [0, 0.1) is 0 Å². The van der Waals surface area contributed by atoms with Crippen LogP contribution in [0.15, 0.2) is 48.6 Å². The zero-order valence-electron chi connectivity index (χ0n) is 34.4. The Hall–Kier alpha value is -2.34. The monoisotopic (exact) mass is 779 g/mol. The van der Waals surface area contributed by atoms with Crippen LogP contribution >= 0.6 is 0 Å².